The van der Waals surface area contributed by atoms with Crippen molar-refractivity contribution in [3.8, 4) is 5.75 Å². The molecule has 3 aliphatic heterocycles. The number of hydrogen-bond donors (Lipinski definition) is 1. The van der Waals surface area contributed by atoms with Crippen LogP contribution in [0.2, 0.25) is 0 Å². The Morgan fingerprint density at radius 2 is 1.72 bits per heavy atom. The van der Waals surface area contributed by atoms with Crippen LogP contribution in [0.1, 0.15) is 73.0 Å². The third-order valence-electron chi connectivity index (χ3n) is 8.73. The summed E-state index contributed by atoms with van der Waals surface area (Å²) < 4.78 is 59.0. The normalized spacial score (nSPS) is 27.2. The van der Waals surface area contributed by atoms with Crippen LogP contribution in [0.15, 0.2) is 42.5 Å². The zero-order valence-corrected chi connectivity index (χ0v) is 26.1. The maximum atomic E-state index is 14.7. The highest BCUT2D eigenvalue weighted by atomic mass is 19.1. The van der Waals surface area contributed by atoms with Crippen molar-refractivity contribution in [2.24, 2.45) is 0 Å². The maximum Gasteiger partial charge on any atom is 0.494 e. The van der Waals surface area contributed by atoms with Crippen molar-refractivity contribution in [3.63, 3.8) is 0 Å². The number of amides is 1. The van der Waals surface area contributed by atoms with Gasteiger partial charge in [-0.1, -0.05) is 12.1 Å². The Balaban J connectivity index is 1.21. The second kappa shape index (κ2) is 12.0. The highest BCUT2D eigenvalue weighted by molar-refractivity contribution is 6.62. The van der Waals surface area contributed by atoms with E-state index < -0.39 is 53.8 Å². The number of nitrogens with zero attached hydrogens (tertiary/aromatic N) is 1. The number of nitrogens with one attached hydrogen (secondary N) is 1. The van der Waals surface area contributed by atoms with E-state index in [0.717, 1.165) is 42.4 Å². The lowest BCUT2D eigenvalue weighted by Gasteiger charge is -2.40. The summed E-state index contributed by atoms with van der Waals surface area (Å²) in [5, 5.41) is 2.86. The number of alkyl carbamates (subject to hydrolysis) is 1. The number of carbonyl (C=O) groups is 1. The Hall–Kier alpha value is -2.73. The maximum absolute atomic E-state index is 14.7. The van der Waals surface area contributed by atoms with Crippen molar-refractivity contribution >= 4 is 18.7 Å². The second-order valence-corrected chi connectivity index (χ2v) is 13.7. The fourth-order valence-corrected chi connectivity index (χ4v) is 5.76. The SMILES string of the molecule is CC(C)(C)OC(=O)N[C@H]1C[C@H](N2CC[C@H](Oc3ccc(B4OC(C)(C)C(C)(C)O4)cc3)C2)CO[C@@H]1c1cc(F)ccc1F. The van der Waals surface area contributed by atoms with Gasteiger partial charge in [0.15, 0.2) is 0 Å². The molecule has 2 aromatic carbocycles. The Labute approximate surface area is 253 Å². The highest BCUT2D eigenvalue weighted by Crippen LogP contribution is 2.37. The van der Waals surface area contributed by atoms with Gasteiger partial charge in [0.05, 0.1) is 23.9 Å². The molecule has 1 amide bonds. The van der Waals surface area contributed by atoms with Crippen LogP contribution in [0.4, 0.5) is 13.6 Å². The molecule has 0 aromatic heterocycles. The van der Waals surface area contributed by atoms with Gasteiger partial charge in [-0.25, -0.2) is 13.6 Å². The summed E-state index contributed by atoms with van der Waals surface area (Å²) in [6, 6.07) is 10.4. The number of carbonyl (C=O) groups excluding carboxylic acids is 1. The zero-order valence-electron chi connectivity index (χ0n) is 26.1. The van der Waals surface area contributed by atoms with Gasteiger partial charge in [-0.2, -0.15) is 0 Å². The quantitative estimate of drug-likeness (QED) is 0.461. The van der Waals surface area contributed by atoms with Crippen LogP contribution < -0.4 is 15.5 Å². The smallest absolute Gasteiger partial charge is 0.489 e. The van der Waals surface area contributed by atoms with E-state index in [4.69, 9.17) is 23.5 Å². The molecule has 8 nitrogen and oxygen atoms in total. The van der Waals surface area contributed by atoms with Gasteiger partial charge < -0.3 is 28.8 Å². The van der Waals surface area contributed by atoms with E-state index in [1.807, 2.05) is 52.0 Å². The number of halogens is 2. The fraction of sp³-hybridized carbons (Fsp3) is 0.594. The first-order valence-electron chi connectivity index (χ1n) is 15.0. The average Bonchev–Trinajstić information content (AvgIpc) is 3.45. The Morgan fingerprint density at radius 3 is 2.37 bits per heavy atom. The van der Waals surface area contributed by atoms with Gasteiger partial charge in [-0.05, 0) is 97.1 Å². The first kappa shape index (κ1) is 31.7. The van der Waals surface area contributed by atoms with Gasteiger partial charge in [0.1, 0.15) is 35.2 Å². The monoisotopic (exact) mass is 600 g/mol. The molecule has 3 fully saturated rings. The van der Waals surface area contributed by atoms with Crippen molar-refractivity contribution < 1.29 is 37.1 Å². The standard InChI is InChI=1S/C32H43BF2N2O6/c1-30(2,3)41-29(38)36-27-17-22(19-39-28(27)25-16-21(34)10-13-26(25)35)37-15-14-24(18-37)40-23-11-8-20(9-12-23)33-42-31(4,5)32(6,7)43-33/h8-13,16,22,24,27-28H,14-15,17-19H2,1-7H3,(H,36,38)/t22-,24-,27-,28+/m0/s1. The molecule has 2 aromatic rings. The molecule has 43 heavy (non-hydrogen) atoms. The Kier molecular flexibility index (Phi) is 8.84. The molecular weight excluding hydrogens is 557 g/mol. The van der Waals surface area contributed by atoms with Crippen molar-refractivity contribution in [2.75, 3.05) is 19.7 Å². The zero-order chi connectivity index (χ0) is 31.2. The Morgan fingerprint density at radius 1 is 1.05 bits per heavy atom. The summed E-state index contributed by atoms with van der Waals surface area (Å²) in [7, 11) is -0.431. The van der Waals surface area contributed by atoms with Gasteiger partial charge in [0.2, 0.25) is 0 Å². The predicted molar refractivity (Wildman–Crippen MR) is 159 cm³/mol. The van der Waals surface area contributed by atoms with E-state index >= 15 is 0 Å². The molecule has 5 rings (SSSR count). The van der Waals surface area contributed by atoms with E-state index in [-0.39, 0.29) is 17.7 Å². The second-order valence-electron chi connectivity index (χ2n) is 13.7. The molecule has 3 saturated heterocycles. The number of benzene rings is 2. The third-order valence-corrected chi connectivity index (χ3v) is 8.73. The molecule has 1 N–H and O–H groups in total. The molecule has 0 aliphatic carbocycles. The Bertz CT molecular complexity index is 1290. The fourth-order valence-electron chi connectivity index (χ4n) is 5.76. The summed E-state index contributed by atoms with van der Waals surface area (Å²) in [5.74, 6) is -0.389. The topological polar surface area (TPSA) is 78.5 Å². The minimum absolute atomic E-state index is 0.0293. The van der Waals surface area contributed by atoms with Crippen LogP contribution in [0, 0.1) is 11.6 Å². The molecule has 0 bridgehead atoms. The van der Waals surface area contributed by atoms with E-state index in [1.165, 1.54) is 0 Å². The molecule has 0 radical (unpaired) electrons. The third kappa shape index (κ3) is 7.33. The van der Waals surface area contributed by atoms with Crippen molar-refractivity contribution in [1.29, 1.82) is 0 Å². The van der Waals surface area contributed by atoms with E-state index in [0.29, 0.717) is 19.6 Å². The number of hydrogen-bond acceptors (Lipinski definition) is 7. The number of likely N-dealkylation sites (tertiary alicyclic amines) is 1. The minimum Gasteiger partial charge on any atom is -0.489 e. The lowest BCUT2D eigenvalue weighted by molar-refractivity contribution is -0.0584. The summed E-state index contributed by atoms with van der Waals surface area (Å²) >= 11 is 0. The van der Waals surface area contributed by atoms with E-state index in [2.05, 4.69) is 10.2 Å². The molecule has 234 valence electrons. The van der Waals surface area contributed by atoms with Crippen LogP contribution >= 0.6 is 0 Å². The molecule has 0 unspecified atom stereocenters. The van der Waals surface area contributed by atoms with Crippen molar-refractivity contribution in [2.45, 2.75) is 102 Å². The minimum atomic E-state index is -0.850. The van der Waals surface area contributed by atoms with Crippen molar-refractivity contribution in [1.82, 2.24) is 10.2 Å². The molecular formula is C32H43BF2N2O6. The summed E-state index contributed by atoms with van der Waals surface area (Å²) in [5.41, 5.74) is -0.510. The summed E-state index contributed by atoms with van der Waals surface area (Å²) in [6.07, 6.45) is -0.207. The number of ether oxygens (including phenoxy) is 3. The molecule has 4 atom stereocenters. The van der Waals surface area contributed by atoms with Gasteiger partial charge in [0.25, 0.3) is 0 Å². The average molecular weight is 601 g/mol. The van der Waals surface area contributed by atoms with Crippen molar-refractivity contribution in [3.05, 3.63) is 59.7 Å². The first-order chi connectivity index (χ1) is 20.1. The largest absolute Gasteiger partial charge is 0.494 e. The van der Waals surface area contributed by atoms with Crippen LogP contribution in [0.5, 0.6) is 5.75 Å². The molecule has 0 spiro atoms. The van der Waals surface area contributed by atoms with Gasteiger partial charge in [-0.15, -0.1) is 0 Å². The first-order valence-corrected chi connectivity index (χ1v) is 15.0. The molecule has 0 saturated carbocycles. The van der Waals surface area contributed by atoms with Gasteiger partial charge in [0, 0.05) is 24.7 Å². The van der Waals surface area contributed by atoms with Crippen LogP contribution in [0.3, 0.4) is 0 Å². The molecule has 11 heteroatoms. The molecule has 3 heterocycles. The number of rotatable bonds is 6. The highest BCUT2D eigenvalue weighted by Gasteiger charge is 2.51. The lowest BCUT2D eigenvalue weighted by Crippen LogP contribution is -2.52. The van der Waals surface area contributed by atoms with Crippen LogP contribution in [-0.4, -0.2) is 72.8 Å². The van der Waals surface area contributed by atoms with Crippen LogP contribution in [-0.2, 0) is 18.8 Å². The predicted octanol–water partition coefficient (Wildman–Crippen LogP) is 5.14. The van der Waals surface area contributed by atoms with Crippen LogP contribution in [0.25, 0.3) is 0 Å². The lowest BCUT2D eigenvalue weighted by atomic mass is 9.79. The molecule has 3 aliphatic rings. The summed E-state index contributed by atoms with van der Waals surface area (Å²) in [4.78, 5) is 15.0. The van der Waals surface area contributed by atoms with Gasteiger partial charge in [-0.3, -0.25) is 4.90 Å². The van der Waals surface area contributed by atoms with E-state index in [9.17, 15) is 13.6 Å². The summed E-state index contributed by atoms with van der Waals surface area (Å²) in [6.45, 7) is 15.2. The van der Waals surface area contributed by atoms with E-state index in [1.54, 1.807) is 20.8 Å². The van der Waals surface area contributed by atoms with Gasteiger partial charge >= 0.3 is 13.2 Å².